The Hall–Kier alpha value is -3.08. The molecule has 3 aromatic rings. The molecule has 1 aliphatic heterocycles. The van der Waals surface area contributed by atoms with Gasteiger partial charge in [-0.3, -0.25) is 4.79 Å². The Labute approximate surface area is 159 Å². The minimum atomic E-state index is 0.431. The van der Waals surface area contributed by atoms with Crippen molar-refractivity contribution in [3.63, 3.8) is 0 Å². The number of nitrogens with zero attached hydrogens (tertiary/aromatic N) is 2. The molecule has 140 valence electrons. The Balaban J connectivity index is 0.000000376. The van der Waals surface area contributed by atoms with E-state index in [1.807, 2.05) is 6.07 Å². The standard InChI is InChI=1S/C19H19N3.C3H6O2/c20-18-12-21-19(17-9-5-4-8-16(17)18)22-11-10-15(13-22)14-6-2-1-3-7-14;1-2-5-3-4/h1-9,12,15H,10-11,13,20H2;3H,2H2,1H3. The number of aromatic nitrogens is 1. The summed E-state index contributed by atoms with van der Waals surface area (Å²) in [6, 6.07) is 19.0. The van der Waals surface area contributed by atoms with Gasteiger partial charge in [-0.2, -0.15) is 0 Å². The molecular formula is C22H25N3O2. The van der Waals surface area contributed by atoms with Crippen LogP contribution in [0.1, 0.15) is 24.8 Å². The predicted molar refractivity (Wildman–Crippen MR) is 110 cm³/mol. The summed E-state index contributed by atoms with van der Waals surface area (Å²) < 4.78 is 4.15. The lowest BCUT2D eigenvalue weighted by Gasteiger charge is -2.20. The summed E-state index contributed by atoms with van der Waals surface area (Å²) in [6.45, 7) is 4.73. The van der Waals surface area contributed by atoms with Crippen molar-refractivity contribution in [1.82, 2.24) is 4.98 Å². The third-order valence-corrected chi connectivity index (χ3v) is 4.80. The molecule has 2 heterocycles. The first-order valence-corrected chi connectivity index (χ1v) is 9.23. The maximum atomic E-state index is 9.18. The van der Waals surface area contributed by atoms with Crippen molar-refractivity contribution >= 4 is 28.7 Å². The number of rotatable bonds is 4. The Kier molecular flexibility index (Phi) is 6.26. The SMILES string of the molecule is CCOC=O.Nc1cnc(N2CCC(c3ccccc3)C2)c2ccccc12. The zero-order chi connectivity index (χ0) is 19.1. The van der Waals surface area contributed by atoms with Crippen LogP contribution in [0.25, 0.3) is 10.8 Å². The van der Waals surface area contributed by atoms with Crippen LogP contribution in [0.3, 0.4) is 0 Å². The monoisotopic (exact) mass is 363 g/mol. The highest BCUT2D eigenvalue weighted by molar-refractivity contribution is 5.99. The molecule has 1 saturated heterocycles. The van der Waals surface area contributed by atoms with E-state index in [-0.39, 0.29) is 0 Å². The normalized spacial score (nSPS) is 15.9. The second-order valence-corrected chi connectivity index (χ2v) is 6.48. The van der Waals surface area contributed by atoms with E-state index in [2.05, 4.69) is 63.2 Å². The van der Waals surface area contributed by atoms with Gasteiger partial charge in [0.15, 0.2) is 0 Å². The van der Waals surface area contributed by atoms with Crippen LogP contribution in [-0.4, -0.2) is 31.2 Å². The number of anilines is 2. The number of pyridine rings is 1. The molecule has 5 nitrogen and oxygen atoms in total. The topological polar surface area (TPSA) is 68.5 Å². The number of nitrogen functional groups attached to an aromatic ring is 1. The van der Waals surface area contributed by atoms with Crippen molar-refractivity contribution in [3.05, 3.63) is 66.4 Å². The van der Waals surface area contributed by atoms with E-state index in [0.29, 0.717) is 19.0 Å². The lowest BCUT2D eigenvalue weighted by molar-refractivity contribution is -0.128. The van der Waals surface area contributed by atoms with Crippen LogP contribution in [0.4, 0.5) is 11.5 Å². The minimum Gasteiger partial charge on any atom is -0.468 e. The third-order valence-electron chi connectivity index (χ3n) is 4.80. The molecule has 1 aliphatic rings. The van der Waals surface area contributed by atoms with Gasteiger partial charge in [0, 0.05) is 29.8 Å². The van der Waals surface area contributed by atoms with Crippen molar-refractivity contribution in [2.45, 2.75) is 19.3 Å². The van der Waals surface area contributed by atoms with Crippen LogP contribution in [0.15, 0.2) is 60.8 Å². The molecule has 1 aromatic heterocycles. The average molecular weight is 363 g/mol. The molecule has 4 rings (SSSR count). The van der Waals surface area contributed by atoms with Crippen molar-refractivity contribution in [2.75, 3.05) is 30.3 Å². The Morgan fingerprint density at radius 1 is 1.15 bits per heavy atom. The van der Waals surface area contributed by atoms with Gasteiger partial charge in [-0.1, -0.05) is 54.6 Å². The summed E-state index contributed by atoms with van der Waals surface area (Å²) in [6.07, 6.45) is 2.96. The van der Waals surface area contributed by atoms with Gasteiger partial charge in [0.25, 0.3) is 6.47 Å². The fourth-order valence-electron chi connectivity index (χ4n) is 3.47. The van der Waals surface area contributed by atoms with Gasteiger partial charge < -0.3 is 15.4 Å². The molecule has 2 N–H and O–H groups in total. The van der Waals surface area contributed by atoms with Gasteiger partial charge in [-0.15, -0.1) is 0 Å². The maximum absolute atomic E-state index is 9.18. The molecule has 27 heavy (non-hydrogen) atoms. The Morgan fingerprint density at radius 2 is 1.85 bits per heavy atom. The van der Waals surface area contributed by atoms with Crippen LogP contribution >= 0.6 is 0 Å². The molecular weight excluding hydrogens is 338 g/mol. The number of nitrogens with two attached hydrogens (primary N) is 1. The van der Waals surface area contributed by atoms with Gasteiger partial charge in [-0.05, 0) is 18.9 Å². The van der Waals surface area contributed by atoms with Crippen molar-refractivity contribution in [3.8, 4) is 0 Å². The lowest BCUT2D eigenvalue weighted by atomic mass is 9.99. The molecule has 1 fully saturated rings. The van der Waals surface area contributed by atoms with Crippen molar-refractivity contribution < 1.29 is 9.53 Å². The fourth-order valence-corrected chi connectivity index (χ4v) is 3.47. The number of carbonyl (C=O) groups is 1. The highest BCUT2D eigenvalue weighted by atomic mass is 16.5. The van der Waals surface area contributed by atoms with E-state index < -0.39 is 0 Å². The van der Waals surface area contributed by atoms with Crippen LogP contribution in [0.2, 0.25) is 0 Å². The molecule has 1 atom stereocenters. The highest BCUT2D eigenvalue weighted by Crippen LogP contribution is 2.34. The van der Waals surface area contributed by atoms with E-state index >= 15 is 0 Å². The van der Waals surface area contributed by atoms with Crippen LogP contribution in [0.5, 0.6) is 0 Å². The molecule has 0 radical (unpaired) electrons. The molecule has 0 bridgehead atoms. The molecule has 0 spiro atoms. The zero-order valence-corrected chi connectivity index (χ0v) is 15.5. The van der Waals surface area contributed by atoms with E-state index in [9.17, 15) is 4.79 Å². The Bertz CT molecular complexity index is 883. The first-order valence-electron chi connectivity index (χ1n) is 9.23. The average Bonchev–Trinajstić information content (AvgIpc) is 3.20. The van der Waals surface area contributed by atoms with Gasteiger partial charge in [-0.25, -0.2) is 4.98 Å². The summed E-state index contributed by atoms with van der Waals surface area (Å²) in [5.74, 6) is 1.64. The second-order valence-electron chi connectivity index (χ2n) is 6.48. The molecule has 0 aliphatic carbocycles. The maximum Gasteiger partial charge on any atom is 0.293 e. The second kappa shape index (κ2) is 9.03. The van der Waals surface area contributed by atoms with Crippen molar-refractivity contribution in [1.29, 1.82) is 0 Å². The number of carbonyl (C=O) groups excluding carboxylic acids is 1. The van der Waals surface area contributed by atoms with Gasteiger partial charge in [0.2, 0.25) is 0 Å². The minimum absolute atomic E-state index is 0.431. The quantitative estimate of drug-likeness (QED) is 0.710. The number of hydrogen-bond acceptors (Lipinski definition) is 5. The first kappa shape index (κ1) is 18.7. The van der Waals surface area contributed by atoms with E-state index in [0.717, 1.165) is 35.4 Å². The summed E-state index contributed by atoms with van der Waals surface area (Å²) >= 11 is 0. The van der Waals surface area contributed by atoms with Gasteiger partial charge in [0.05, 0.1) is 18.5 Å². The Morgan fingerprint density at radius 3 is 2.52 bits per heavy atom. The summed E-state index contributed by atoms with van der Waals surface area (Å²) in [7, 11) is 0. The first-order chi connectivity index (χ1) is 13.2. The van der Waals surface area contributed by atoms with E-state index in [1.165, 1.54) is 12.0 Å². The predicted octanol–water partition coefficient (Wildman–Crippen LogP) is 3.99. The largest absolute Gasteiger partial charge is 0.468 e. The highest BCUT2D eigenvalue weighted by Gasteiger charge is 2.25. The summed E-state index contributed by atoms with van der Waals surface area (Å²) in [5, 5.41) is 2.24. The number of fused-ring (bicyclic) bond motifs is 1. The van der Waals surface area contributed by atoms with Crippen LogP contribution in [0, 0.1) is 0 Å². The number of ether oxygens (including phenoxy) is 1. The molecule has 2 aromatic carbocycles. The molecule has 0 amide bonds. The number of benzene rings is 2. The van der Waals surface area contributed by atoms with E-state index in [4.69, 9.17) is 5.73 Å². The molecule has 5 heteroatoms. The van der Waals surface area contributed by atoms with Crippen molar-refractivity contribution in [2.24, 2.45) is 0 Å². The summed E-state index contributed by atoms with van der Waals surface area (Å²) in [5.41, 5.74) is 8.23. The van der Waals surface area contributed by atoms with Crippen LogP contribution < -0.4 is 10.6 Å². The third kappa shape index (κ3) is 4.37. The molecule has 0 saturated carbocycles. The molecule has 1 unspecified atom stereocenters. The van der Waals surface area contributed by atoms with Gasteiger partial charge >= 0.3 is 0 Å². The fraction of sp³-hybridized carbons (Fsp3) is 0.273. The number of hydrogen-bond donors (Lipinski definition) is 1. The zero-order valence-electron chi connectivity index (χ0n) is 15.5. The summed E-state index contributed by atoms with van der Waals surface area (Å²) in [4.78, 5) is 16.2. The van der Waals surface area contributed by atoms with Gasteiger partial charge in [0.1, 0.15) is 5.82 Å². The van der Waals surface area contributed by atoms with Crippen LogP contribution in [-0.2, 0) is 9.53 Å². The lowest BCUT2D eigenvalue weighted by Crippen LogP contribution is -2.20. The van der Waals surface area contributed by atoms with E-state index in [1.54, 1.807) is 13.1 Å². The smallest absolute Gasteiger partial charge is 0.293 e.